The minimum atomic E-state index is -4.96. The molecule has 3 N–H and O–H groups in total. The first-order valence-electron chi connectivity index (χ1n) is 40.8. The van der Waals surface area contributed by atoms with E-state index >= 15 is 0 Å². The van der Waals surface area contributed by atoms with E-state index in [0.29, 0.717) is 31.6 Å². The van der Waals surface area contributed by atoms with Crippen LogP contribution in [0.4, 0.5) is 0 Å². The Hall–Kier alpha value is -1.94. The van der Waals surface area contributed by atoms with Crippen molar-refractivity contribution in [3.8, 4) is 0 Å². The minimum absolute atomic E-state index is 0.105. The van der Waals surface area contributed by atoms with Gasteiger partial charge in [0.25, 0.3) is 0 Å². The Labute approximate surface area is 600 Å². The van der Waals surface area contributed by atoms with Gasteiger partial charge in [-0.05, 0) is 43.4 Å². The van der Waals surface area contributed by atoms with E-state index in [0.717, 1.165) is 108 Å². The number of carbonyl (C=O) groups excluding carboxylic acids is 4. The molecule has 0 aromatic heterocycles. The summed E-state index contributed by atoms with van der Waals surface area (Å²) < 4.78 is 68.6. The van der Waals surface area contributed by atoms with Crippen LogP contribution in [0.2, 0.25) is 0 Å². The van der Waals surface area contributed by atoms with Crippen molar-refractivity contribution in [2.24, 2.45) is 17.8 Å². The average molecular weight is 1440 g/mol. The maximum Gasteiger partial charge on any atom is 0.472 e. The third-order valence-corrected chi connectivity index (χ3v) is 20.3. The molecule has 0 heterocycles. The summed E-state index contributed by atoms with van der Waals surface area (Å²) in [4.78, 5) is 72.9. The van der Waals surface area contributed by atoms with Crippen LogP contribution in [0.15, 0.2) is 0 Å². The topological polar surface area (TPSA) is 237 Å². The molecule has 0 fully saturated rings. The lowest BCUT2D eigenvalue weighted by atomic mass is 10.0. The van der Waals surface area contributed by atoms with Gasteiger partial charge in [-0.1, -0.05) is 357 Å². The fraction of sp³-hybridized carbons (Fsp3) is 0.949. The van der Waals surface area contributed by atoms with Crippen LogP contribution in [0, 0.1) is 17.8 Å². The van der Waals surface area contributed by atoms with Crippen molar-refractivity contribution < 1.29 is 80.2 Å². The molecule has 0 aliphatic carbocycles. The van der Waals surface area contributed by atoms with E-state index in [1.165, 1.54) is 212 Å². The van der Waals surface area contributed by atoms with Crippen LogP contribution in [0.1, 0.15) is 408 Å². The molecular weight excluding hydrogens is 1280 g/mol. The molecule has 0 aromatic rings. The smallest absolute Gasteiger partial charge is 0.462 e. The quantitative estimate of drug-likeness (QED) is 0.0222. The SMILES string of the molecule is CCCCCCCCCCCCCCCCCCCCCC(=O)O[C@H](COC(=O)CCCCCCCCCCCCCCCC(C)C)COP(=O)(O)OC[C@@H](O)COP(=O)(O)OC[C@@H](COC(=O)CCCCCCCCCC(C)C)OC(=O)CCCCCCCCCCCCC(C)C. The summed E-state index contributed by atoms with van der Waals surface area (Å²) in [6.07, 6.45) is 57.0. The van der Waals surface area contributed by atoms with Crippen LogP contribution in [-0.4, -0.2) is 96.7 Å². The number of ether oxygens (including phenoxy) is 4. The minimum Gasteiger partial charge on any atom is -0.462 e. The third kappa shape index (κ3) is 72.4. The number of hydrogen-bond acceptors (Lipinski definition) is 15. The Morgan fingerprint density at radius 2 is 0.469 bits per heavy atom. The van der Waals surface area contributed by atoms with Crippen LogP contribution < -0.4 is 0 Å². The largest absolute Gasteiger partial charge is 0.472 e. The van der Waals surface area contributed by atoms with E-state index in [1.54, 1.807) is 0 Å². The first-order valence-corrected chi connectivity index (χ1v) is 43.8. The van der Waals surface area contributed by atoms with E-state index in [4.69, 9.17) is 37.0 Å². The lowest BCUT2D eigenvalue weighted by Crippen LogP contribution is -2.30. The molecule has 2 unspecified atom stereocenters. The predicted octanol–water partition coefficient (Wildman–Crippen LogP) is 23.4. The van der Waals surface area contributed by atoms with Gasteiger partial charge in [0.1, 0.15) is 19.3 Å². The summed E-state index contributed by atoms with van der Waals surface area (Å²) in [6.45, 7) is 11.9. The molecule has 0 rings (SSSR count). The Bertz CT molecular complexity index is 1900. The van der Waals surface area contributed by atoms with Gasteiger partial charge < -0.3 is 33.8 Å². The van der Waals surface area contributed by atoms with Gasteiger partial charge >= 0.3 is 39.5 Å². The molecule has 0 spiro atoms. The predicted molar refractivity (Wildman–Crippen MR) is 400 cm³/mol. The van der Waals surface area contributed by atoms with Gasteiger partial charge in [-0.3, -0.25) is 37.3 Å². The van der Waals surface area contributed by atoms with Crippen molar-refractivity contribution in [3.05, 3.63) is 0 Å². The number of carbonyl (C=O) groups is 4. The van der Waals surface area contributed by atoms with E-state index in [9.17, 15) is 43.2 Å². The van der Waals surface area contributed by atoms with Crippen LogP contribution >= 0.6 is 15.6 Å². The fourth-order valence-electron chi connectivity index (χ4n) is 12.1. The lowest BCUT2D eigenvalue weighted by molar-refractivity contribution is -0.161. The number of esters is 4. The van der Waals surface area contributed by atoms with Crippen molar-refractivity contribution in [1.82, 2.24) is 0 Å². The van der Waals surface area contributed by atoms with E-state index in [-0.39, 0.29) is 25.7 Å². The van der Waals surface area contributed by atoms with Gasteiger partial charge in [-0.15, -0.1) is 0 Å². The highest BCUT2D eigenvalue weighted by atomic mass is 31.2. The standard InChI is InChI=1S/C79H154O17P2/c1-8-9-10-11-12-13-14-15-16-17-18-19-20-23-27-33-40-48-55-62-78(83)95-74(66-89-76(81)60-53-46-39-32-26-24-21-22-25-30-36-43-50-57-70(2)3)68-93-97(85,86)91-64-73(80)65-92-98(87,88)94-69-75(67-90-77(82)61-54-47-42-35-38-45-52-59-72(6)7)96-79(84)63-56-49-41-34-29-28-31-37-44-51-58-71(4)5/h70-75,80H,8-69H2,1-7H3,(H,85,86)(H,87,88)/t73-,74-,75-/m1/s1. The third-order valence-electron chi connectivity index (χ3n) is 18.4. The van der Waals surface area contributed by atoms with Gasteiger partial charge in [-0.25, -0.2) is 9.13 Å². The van der Waals surface area contributed by atoms with E-state index < -0.39 is 97.5 Å². The Kier molecular flexibility index (Phi) is 68.1. The molecule has 17 nitrogen and oxygen atoms in total. The molecule has 0 amide bonds. The lowest BCUT2D eigenvalue weighted by Gasteiger charge is -2.21. The van der Waals surface area contributed by atoms with Gasteiger partial charge in [-0.2, -0.15) is 0 Å². The van der Waals surface area contributed by atoms with Crippen LogP contribution in [-0.2, 0) is 65.4 Å². The second-order valence-electron chi connectivity index (χ2n) is 29.9. The van der Waals surface area contributed by atoms with Crippen molar-refractivity contribution in [2.75, 3.05) is 39.6 Å². The van der Waals surface area contributed by atoms with Crippen LogP contribution in [0.25, 0.3) is 0 Å². The number of phosphoric ester groups is 2. The Balaban J connectivity index is 5.24. The Morgan fingerprint density at radius 1 is 0.276 bits per heavy atom. The highest BCUT2D eigenvalue weighted by Gasteiger charge is 2.30. The molecule has 0 saturated heterocycles. The molecule has 5 atom stereocenters. The summed E-state index contributed by atoms with van der Waals surface area (Å²) in [6, 6.07) is 0. The summed E-state index contributed by atoms with van der Waals surface area (Å²) >= 11 is 0. The van der Waals surface area contributed by atoms with Crippen molar-refractivity contribution >= 4 is 39.5 Å². The highest BCUT2D eigenvalue weighted by molar-refractivity contribution is 7.47. The van der Waals surface area contributed by atoms with E-state index in [2.05, 4.69) is 48.5 Å². The Morgan fingerprint density at radius 3 is 0.694 bits per heavy atom. The normalized spacial score (nSPS) is 14.0. The maximum absolute atomic E-state index is 13.1. The molecule has 582 valence electrons. The first kappa shape index (κ1) is 96.1. The molecule has 19 heteroatoms. The summed E-state index contributed by atoms with van der Waals surface area (Å²) in [7, 11) is -9.92. The molecular formula is C79H154O17P2. The monoisotopic (exact) mass is 1440 g/mol. The zero-order valence-corrected chi connectivity index (χ0v) is 66.0. The molecule has 0 radical (unpaired) electrons. The molecule has 0 bridgehead atoms. The number of rotatable bonds is 77. The molecule has 0 saturated carbocycles. The zero-order chi connectivity index (χ0) is 72.3. The van der Waals surface area contributed by atoms with Crippen LogP contribution in [0.3, 0.4) is 0 Å². The van der Waals surface area contributed by atoms with Gasteiger partial charge in [0.15, 0.2) is 12.2 Å². The van der Waals surface area contributed by atoms with Crippen molar-refractivity contribution in [1.29, 1.82) is 0 Å². The molecule has 0 aliphatic heterocycles. The summed E-state index contributed by atoms with van der Waals surface area (Å²) in [5.74, 6) is 0.133. The van der Waals surface area contributed by atoms with E-state index in [1.807, 2.05) is 0 Å². The molecule has 98 heavy (non-hydrogen) atoms. The zero-order valence-electron chi connectivity index (χ0n) is 64.3. The van der Waals surface area contributed by atoms with Crippen molar-refractivity contribution in [2.45, 2.75) is 426 Å². The highest BCUT2D eigenvalue weighted by Crippen LogP contribution is 2.45. The van der Waals surface area contributed by atoms with Gasteiger partial charge in [0, 0.05) is 25.7 Å². The number of hydrogen-bond donors (Lipinski definition) is 3. The number of phosphoric acid groups is 2. The van der Waals surface area contributed by atoms with Crippen LogP contribution in [0.5, 0.6) is 0 Å². The summed E-state index contributed by atoms with van der Waals surface area (Å²) in [5.41, 5.74) is 0. The second-order valence-corrected chi connectivity index (χ2v) is 32.8. The van der Waals surface area contributed by atoms with Gasteiger partial charge in [0.2, 0.25) is 0 Å². The number of aliphatic hydroxyl groups is 1. The number of aliphatic hydroxyl groups excluding tert-OH is 1. The fourth-order valence-corrected chi connectivity index (χ4v) is 13.7. The molecule has 0 aliphatic rings. The molecule has 0 aromatic carbocycles. The van der Waals surface area contributed by atoms with Crippen molar-refractivity contribution in [3.63, 3.8) is 0 Å². The first-order chi connectivity index (χ1) is 47.2. The van der Waals surface area contributed by atoms with Gasteiger partial charge in [0.05, 0.1) is 26.4 Å². The summed E-state index contributed by atoms with van der Waals surface area (Å²) in [5, 5.41) is 10.6. The number of unbranched alkanes of at least 4 members (excludes halogenated alkanes) is 45. The average Bonchev–Trinajstić information content (AvgIpc) is 1.00. The maximum atomic E-state index is 13.1. The second kappa shape index (κ2) is 69.4.